The number of benzene rings is 2. The van der Waals surface area contributed by atoms with E-state index in [0.29, 0.717) is 30.6 Å². The molecule has 2 atom stereocenters. The molecule has 3 heterocycles. The number of hydrogen-bond donors (Lipinski definition) is 0. The molecule has 30 heavy (non-hydrogen) atoms. The van der Waals surface area contributed by atoms with Crippen molar-refractivity contribution in [1.82, 2.24) is 9.97 Å². The zero-order chi connectivity index (χ0) is 20.2. The van der Waals surface area contributed by atoms with Crippen LogP contribution in [0.15, 0.2) is 60.8 Å². The standard InChI is InChI=1S/C22H20N2O6/c1-5-17(6-2-15(1)25-11-19-13-27-19)29-21-9-10-23-22(24-21)30-18-7-3-16(4-8-18)26-12-20-14-28-20/h1-10,19-20H,11-14H2. The van der Waals surface area contributed by atoms with Crippen molar-refractivity contribution in [3.63, 3.8) is 0 Å². The van der Waals surface area contributed by atoms with E-state index in [9.17, 15) is 0 Å². The number of nitrogens with zero attached hydrogens (tertiary/aromatic N) is 2. The summed E-state index contributed by atoms with van der Waals surface area (Å²) in [5.41, 5.74) is 0. The Morgan fingerprint density at radius 1 is 0.700 bits per heavy atom. The highest BCUT2D eigenvalue weighted by atomic mass is 16.6. The summed E-state index contributed by atoms with van der Waals surface area (Å²) >= 11 is 0. The topological polar surface area (TPSA) is 87.8 Å². The van der Waals surface area contributed by atoms with Gasteiger partial charge in [0.05, 0.1) is 13.2 Å². The lowest BCUT2D eigenvalue weighted by molar-refractivity contribution is 0.263. The van der Waals surface area contributed by atoms with Crippen LogP contribution in [0.5, 0.6) is 34.9 Å². The van der Waals surface area contributed by atoms with Crippen molar-refractivity contribution in [2.45, 2.75) is 12.2 Å². The Balaban J connectivity index is 1.16. The van der Waals surface area contributed by atoms with Gasteiger partial charge in [-0.15, -0.1) is 0 Å². The van der Waals surface area contributed by atoms with Crippen LogP contribution in [0.4, 0.5) is 0 Å². The van der Waals surface area contributed by atoms with Gasteiger partial charge in [-0.05, 0) is 48.5 Å². The summed E-state index contributed by atoms with van der Waals surface area (Å²) in [4.78, 5) is 8.43. The van der Waals surface area contributed by atoms with E-state index in [-0.39, 0.29) is 18.2 Å². The first-order valence-corrected chi connectivity index (χ1v) is 9.68. The van der Waals surface area contributed by atoms with Crippen LogP contribution in [0.3, 0.4) is 0 Å². The average molecular weight is 408 g/mol. The summed E-state index contributed by atoms with van der Waals surface area (Å²) in [6.07, 6.45) is 2.03. The fourth-order valence-electron chi connectivity index (χ4n) is 2.57. The second-order valence-electron chi connectivity index (χ2n) is 6.86. The molecule has 0 N–H and O–H groups in total. The van der Waals surface area contributed by atoms with Gasteiger partial charge in [0, 0.05) is 12.3 Å². The van der Waals surface area contributed by atoms with Gasteiger partial charge in [-0.3, -0.25) is 0 Å². The molecule has 0 amide bonds. The molecule has 2 aromatic carbocycles. The number of aromatic nitrogens is 2. The van der Waals surface area contributed by atoms with E-state index in [1.165, 1.54) is 0 Å². The van der Waals surface area contributed by atoms with Crippen molar-refractivity contribution in [3.8, 4) is 34.9 Å². The molecular weight excluding hydrogens is 388 g/mol. The van der Waals surface area contributed by atoms with Gasteiger partial charge in [-0.1, -0.05) is 0 Å². The minimum Gasteiger partial charge on any atom is -0.491 e. The molecule has 8 heteroatoms. The predicted octanol–water partition coefficient (Wildman–Crippen LogP) is 3.62. The predicted molar refractivity (Wildman–Crippen MR) is 106 cm³/mol. The van der Waals surface area contributed by atoms with Crippen LogP contribution in [-0.4, -0.2) is 48.6 Å². The molecule has 5 rings (SSSR count). The van der Waals surface area contributed by atoms with Gasteiger partial charge in [0.25, 0.3) is 0 Å². The number of ether oxygens (including phenoxy) is 6. The smallest absolute Gasteiger partial charge is 0.325 e. The first kappa shape index (κ1) is 18.7. The van der Waals surface area contributed by atoms with Crippen molar-refractivity contribution in [1.29, 1.82) is 0 Å². The van der Waals surface area contributed by atoms with Crippen LogP contribution in [0.25, 0.3) is 0 Å². The summed E-state index contributed by atoms with van der Waals surface area (Å²) in [5.74, 6) is 3.14. The summed E-state index contributed by atoms with van der Waals surface area (Å²) in [7, 11) is 0. The first-order chi connectivity index (χ1) is 14.8. The second kappa shape index (κ2) is 8.56. The molecule has 8 nitrogen and oxygen atoms in total. The number of rotatable bonds is 10. The van der Waals surface area contributed by atoms with Crippen molar-refractivity contribution < 1.29 is 28.4 Å². The van der Waals surface area contributed by atoms with Crippen molar-refractivity contribution in [3.05, 3.63) is 60.8 Å². The minimum atomic E-state index is 0.192. The lowest BCUT2D eigenvalue weighted by atomic mass is 10.3. The Kier molecular flexibility index (Phi) is 5.32. The quantitative estimate of drug-likeness (QED) is 0.470. The maximum absolute atomic E-state index is 5.79. The number of epoxide rings is 2. The third-order valence-corrected chi connectivity index (χ3v) is 4.36. The highest BCUT2D eigenvalue weighted by Gasteiger charge is 2.23. The third-order valence-electron chi connectivity index (χ3n) is 4.36. The molecule has 3 aromatic rings. The Morgan fingerprint density at radius 3 is 1.73 bits per heavy atom. The van der Waals surface area contributed by atoms with Gasteiger partial charge in [0.1, 0.15) is 48.4 Å². The lowest BCUT2D eigenvalue weighted by Gasteiger charge is -2.09. The van der Waals surface area contributed by atoms with Crippen molar-refractivity contribution in [2.24, 2.45) is 0 Å². The molecule has 0 spiro atoms. The molecule has 0 saturated carbocycles. The fourth-order valence-corrected chi connectivity index (χ4v) is 2.57. The zero-order valence-corrected chi connectivity index (χ0v) is 16.1. The first-order valence-electron chi connectivity index (χ1n) is 9.68. The van der Waals surface area contributed by atoms with Gasteiger partial charge in [-0.2, -0.15) is 4.98 Å². The molecule has 2 aliphatic heterocycles. The van der Waals surface area contributed by atoms with Crippen LogP contribution in [-0.2, 0) is 9.47 Å². The van der Waals surface area contributed by atoms with Gasteiger partial charge in [-0.25, -0.2) is 4.98 Å². The van der Waals surface area contributed by atoms with Crippen LogP contribution >= 0.6 is 0 Å². The molecular formula is C22H20N2O6. The summed E-state index contributed by atoms with van der Waals surface area (Å²) in [6, 6.07) is 16.4. The Morgan fingerprint density at radius 2 is 1.20 bits per heavy atom. The van der Waals surface area contributed by atoms with Crippen LogP contribution in [0, 0.1) is 0 Å². The van der Waals surface area contributed by atoms with Crippen LogP contribution in [0.2, 0.25) is 0 Å². The van der Waals surface area contributed by atoms with Crippen molar-refractivity contribution >= 4 is 0 Å². The molecule has 2 unspecified atom stereocenters. The SMILES string of the molecule is c1cc(Oc2ccc(OCC3CO3)cc2)nc(Oc2ccc(OCC3CO3)cc2)n1. The lowest BCUT2D eigenvalue weighted by Crippen LogP contribution is -2.03. The third kappa shape index (κ3) is 5.37. The monoisotopic (exact) mass is 408 g/mol. The number of hydrogen-bond acceptors (Lipinski definition) is 8. The zero-order valence-electron chi connectivity index (χ0n) is 16.1. The summed E-state index contributed by atoms with van der Waals surface area (Å²) < 4.78 is 33.0. The van der Waals surface area contributed by atoms with E-state index < -0.39 is 0 Å². The maximum Gasteiger partial charge on any atom is 0.325 e. The van der Waals surface area contributed by atoms with E-state index in [1.807, 2.05) is 36.4 Å². The van der Waals surface area contributed by atoms with Gasteiger partial charge < -0.3 is 28.4 Å². The largest absolute Gasteiger partial charge is 0.491 e. The molecule has 154 valence electrons. The summed E-state index contributed by atoms with van der Waals surface area (Å²) in [6.45, 7) is 2.66. The van der Waals surface area contributed by atoms with E-state index >= 15 is 0 Å². The minimum absolute atomic E-state index is 0.192. The normalized spacial score (nSPS) is 19.1. The maximum atomic E-state index is 5.79. The van der Waals surface area contributed by atoms with Crippen molar-refractivity contribution in [2.75, 3.05) is 26.4 Å². The summed E-state index contributed by atoms with van der Waals surface area (Å²) in [5, 5.41) is 0. The van der Waals surface area contributed by atoms with Crippen LogP contribution in [0.1, 0.15) is 0 Å². The van der Waals surface area contributed by atoms with E-state index in [2.05, 4.69) is 9.97 Å². The molecule has 2 saturated heterocycles. The Labute approximate surface area is 173 Å². The molecule has 0 bridgehead atoms. The fraction of sp³-hybridized carbons (Fsp3) is 0.273. The molecule has 2 fully saturated rings. The molecule has 2 aliphatic rings. The van der Waals surface area contributed by atoms with Gasteiger partial charge in [0.2, 0.25) is 5.88 Å². The van der Waals surface area contributed by atoms with Gasteiger partial charge >= 0.3 is 6.01 Å². The van der Waals surface area contributed by atoms with Crippen LogP contribution < -0.4 is 18.9 Å². The average Bonchev–Trinajstić information content (AvgIpc) is 3.69. The molecule has 0 radical (unpaired) electrons. The Hall–Kier alpha value is -3.36. The molecule has 1 aromatic heterocycles. The highest BCUT2D eigenvalue weighted by molar-refractivity contribution is 5.35. The van der Waals surface area contributed by atoms with E-state index in [0.717, 1.165) is 24.7 Å². The molecule has 0 aliphatic carbocycles. The second-order valence-corrected chi connectivity index (χ2v) is 6.86. The highest BCUT2D eigenvalue weighted by Crippen LogP contribution is 2.26. The van der Waals surface area contributed by atoms with Gasteiger partial charge in [0.15, 0.2) is 0 Å². The van der Waals surface area contributed by atoms with E-state index in [4.69, 9.17) is 28.4 Å². The van der Waals surface area contributed by atoms with E-state index in [1.54, 1.807) is 24.4 Å². The Bertz CT molecular complexity index is 895.